The number of halogens is 1. The maximum Gasteiger partial charge on any atom is 0.230 e. The minimum Gasteiger partial charge on any atom is -0.333 e. The molecular weight excluding hydrogens is 316 g/mol. The lowest BCUT2D eigenvalue weighted by atomic mass is 9.98. The average molecular weight is 335 g/mol. The van der Waals surface area contributed by atoms with E-state index < -0.39 is 0 Å². The molecule has 0 bridgehead atoms. The molecule has 2 heterocycles. The molecule has 2 aromatic rings. The van der Waals surface area contributed by atoms with Crippen molar-refractivity contribution in [3.05, 3.63) is 57.2 Å². The smallest absolute Gasteiger partial charge is 0.230 e. The van der Waals surface area contributed by atoms with Crippen molar-refractivity contribution in [1.29, 1.82) is 0 Å². The molecule has 1 aromatic carbocycles. The minimum atomic E-state index is -0.106. The van der Waals surface area contributed by atoms with Crippen molar-refractivity contribution in [2.45, 2.75) is 18.9 Å². The number of nitrogens with one attached hydrogen (secondary N) is 1. The number of hydrogen-bond donors (Lipinski definition) is 1. The summed E-state index contributed by atoms with van der Waals surface area (Å²) in [7, 11) is 0. The lowest BCUT2D eigenvalue weighted by Gasteiger charge is -2.38. The van der Waals surface area contributed by atoms with E-state index >= 15 is 0 Å². The number of piperazine rings is 1. The summed E-state index contributed by atoms with van der Waals surface area (Å²) >= 11 is 7.74. The molecule has 3 nitrogen and oxygen atoms in total. The zero-order valence-electron chi connectivity index (χ0n) is 12.5. The van der Waals surface area contributed by atoms with E-state index in [1.807, 2.05) is 47.5 Å². The van der Waals surface area contributed by atoms with Crippen LogP contribution in [0.15, 0.2) is 41.1 Å². The van der Waals surface area contributed by atoms with E-state index in [1.54, 1.807) is 11.3 Å². The Kier molecular flexibility index (Phi) is 4.81. The highest BCUT2D eigenvalue weighted by atomic mass is 35.5. The van der Waals surface area contributed by atoms with Gasteiger partial charge in [-0.1, -0.05) is 23.7 Å². The highest BCUT2D eigenvalue weighted by Gasteiger charge is 2.31. The van der Waals surface area contributed by atoms with Gasteiger partial charge in [-0.2, -0.15) is 11.3 Å². The number of hydrogen-bond acceptors (Lipinski definition) is 3. The van der Waals surface area contributed by atoms with E-state index in [1.165, 1.54) is 0 Å². The quantitative estimate of drug-likeness (QED) is 0.928. The first-order chi connectivity index (χ1) is 10.7. The van der Waals surface area contributed by atoms with Crippen molar-refractivity contribution in [2.75, 3.05) is 19.6 Å². The minimum absolute atomic E-state index is 0.0426. The Balaban J connectivity index is 1.85. The molecule has 116 valence electrons. The SMILES string of the molecule is CC(C(=O)N1CCNCC1c1cccc(Cl)c1)c1ccsc1. The van der Waals surface area contributed by atoms with Crippen LogP contribution in [0.2, 0.25) is 5.02 Å². The fourth-order valence-corrected chi connectivity index (χ4v) is 3.85. The first-order valence-electron chi connectivity index (χ1n) is 7.45. The third kappa shape index (κ3) is 3.19. The Morgan fingerprint density at radius 2 is 2.32 bits per heavy atom. The number of thiophene rings is 1. The molecule has 0 aliphatic carbocycles. The Morgan fingerprint density at radius 3 is 3.05 bits per heavy atom. The Bertz CT molecular complexity index is 644. The normalized spacial score (nSPS) is 19.9. The van der Waals surface area contributed by atoms with Gasteiger partial charge in [0.05, 0.1) is 12.0 Å². The van der Waals surface area contributed by atoms with Crippen molar-refractivity contribution in [2.24, 2.45) is 0 Å². The predicted molar refractivity (Wildman–Crippen MR) is 91.5 cm³/mol. The molecule has 0 radical (unpaired) electrons. The van der Waals surface area contributed by atoms with Crippen LogP contribution < -0.4 is 5.32 Å². The number of carbonyl (C=O) groups is 1. The third-order valence-electron chi connectivity index (χ3n) is 4.17. The van der Waals surface area contributed by atoms with Gasteiger partial charge >= 0.3 is 0 Å². The lowest BCUT2D eigenvalue weighted by Crippen LogP contribution is -2.49. The molecule has 2 unspecified atom stereocenters. The third-order valence-corrected chi connectivity index (χ3v) is 5.11. The molecule has 22 heavy (non-hydrogen) atoms. The molecule has 0 saturated carbocycles. The number of nitrogens with zero attached hydrogens (tertiary/aromatic N) is 1. The molecule has 1 aromatic heterocycles. The maximum atomic E-state index is 12.9. The van der Waals surface area contributed by atoms with E-state index in [0.29, 0.717) is 5.02 Å². The van der Waals surface area contributed by atoms with Crippen molar-refractivity contribution in [3.8, 4) is 0 Å². The van der Waals surface area contributed by atoms with Gasteiger partial charge in [-0.25, -0.2) is 0 Å². The predicted octanol–water partition coefficient (Wildman–Crippen LogP) is 3.68. The molecule has 2 atom stereocenters. The van der Waals surface area contributed by atoms with Crippen LogP contribution in [-0.4, -0.2) is 30.4 Å². The summed E-state index contributed by atoms with van der Waals surface area (Å²) in [5, 5.41) is 8.16. The average Bonchev–Trinajstić information content (AvgIpc) is 3.08. The van der Waals surface area contributed by atoms with Gasteiger partial charge in [-0.15, -0.1) is 0 Å². The van der Waals surface area contributed by atoms with Gasteiger partial charge in [0, 0.05) is 24.7 Å². The second-order valence-electron chi connectivity index (χ2n) is 5.58. The van der Waals surface area contributed by atoms with Gasteiger partial charge in [0.25, 0.3) is 0 Å². The second-order valence-corrected chi connectivity index (χ2v) is 6.80. The monoisotopic (exact) mass is 334 g/mol. The van der Waals surface area contributed by atoms with Gasteiger partial charge in [-0.3, -0.25) is 4.79 Å². The van der Waals surface area contributed by atoms with Crippen molar-refractivity contribution in [3.63, 3.8) is 0 Å². The van der Waals surface area contributed by atoms with E-state index in [9.17, 15) is 4.79 Å². The van der Waals surface area contributed by atoms with Crippen LogP contribution in [0, 0.1) is 0 Å². The fourth-order valence-electron chi connectivity index (χ4n) is 2.89. The molecule has 1 amide bonds. The number of amides is 1. The van der Waals surface area contributed by atoms with Crippen LogP contribution in [0.25, 0.3) is 0 Å². The van der Waals surface area contributed by atoms with Gasteiger partial charge in [-0.05, 0) is 47.0 Å². The van der Waals surface area contributed by atoms with Crippen LogP contribution in [0.1, 0.15) is 30.0 Å². The molecule has 1 N–H and O–H groups in total. The zero-order chi connectivity index (χ0) is 15.5. The second kappa shape index (κ2) is 6.82. The molecule has 1 aliphatic rings. The maximum absolute atomic E-state index is 12.9. The van der Waals surface area contributed by atoms with Crippen LogP contribution in [-0.2, 0) is 4.79 Å². The van der Waals surface area contributed by atoms with Crippen molar-refractivity contribution >= 4 is 28.8 Å². The van der Waals surface area contributed by atoms with E-state index in [0.717, 1.165) is 30.8 Å². The summed E-state index contributed by atoms with van der Waals surface area (Å²) in [5.41, 5.74) is 2.18. The van der Waals surface area contributed by atoms with Crippen LogP contribution >= 0.6 is 22.9 Å². The first kappa shape index (κ1) is 15.5. The summed E-state index contributed by atoms with van der Waals surface area (Å²) in [6.45, 7) is 4.31. The molecule has 3 rings (SSSR count). The van der Waals surface area contributed by atoms with Crippen LogP contribution in [0.4, 0.5) is 0 Å². The zero-order valence-corrected chi connectivity index (χ0v) is 14.0. The Labute approximate surface area is 139 Å². The van der Waals surface area contributed by atoms with E-state index in [4.69, 9.17) is 11.6 Å². The van der Waals surface area contributed by atoms with E-state index in [-0.39, 0.29) is 17.9 Å². The molecule has 1 aliphatic heterocycles. The standard InChI is InChI=1S/C17H19ClN2OS/c1-12(14-5-8-22-11-14)17(21)20-7-6-19-10-16(20)13-3-2-4-15(18)9-13/h2-5,8-9,11-12,16,19H,6-7,10H2,1H3. The Morgan fingerprint density at radius 1 is 1.45 bits per heavy atom. The largest absolute Gasteiger partial charge is 0.333 e. The van der Waals surface area contributed by atoms with Crippen molar-refractivity contribution in [1.82, 2.24) is 10.2 Å². The fraction of sp³-hybridized carbons (Fsp3) is 0.353. The Hall–Kier alpha value is -1.36. The molecule has 1 saturated heterocycles. The summed E-state index contributed by atoms with van der Waals surface area (Å²) in [5.74, 6) is 0.0795. The van der Waals surface area contributed by atoms with Crippen molar-refractivity contribution < 1.29 is 4.79 Å². The van der Waals surface area contributed by atoms with Gasteiger partial charge in [0.2, 0.25) is 5.91 Å². The summed E-state index contributed by atoms with van der Waals surface area (Å²) in [6, 6.07) is 9.87. The van der Waals surface area contributed by atoms with Gasteiger partial charge in [0.1, 0.15) is 0 Å². The first-order valence-corrected chi connectivity index (χ1v) is 8.77. The summed E-state index contributed by atoms with van der Waals surface area (Å²) in [4.78, 5) is 14.9. The van der Waals surface area contributed by atoms with Crippen LogP contribution in [0.3, 0.4) is 0 Å². The lowest BCUT2D eigenvalue weighted by molar-refractivity contribution is -0.135. The molecule has 0 spiro atoms. The highest BCUT2D eigenvalue weighted by Crippen LogP contribution is 2.29. The molecule has 1 fully saturated rings. The number of rotatable bonds is 3. The van der Waals surface area contributed by atoms with Gasteiger partial charge in [0.15, 0.2) is 0 Å². The molecule has 5 heteroatoms. The topological polar surface area (TPSA) is 32.3 Å². The summed E-state index contributed by atoms with van der Waals surface area (Å²) < 4.78 is 0. The number of carbonyl (C=O) groups excluding carboxylic acids is 1. The number of benzene rings is 1. The summed E-state index contributed by atoms with van der Waals surface area (Å²) in [6.07, 6.45) is 0. The highest BCUT2D eigenvalue weighted by molar-refractivity contribution is 7.08. The van der Waals surface area contributed by atoms with Crippen LogP contribution in [0.5, 0.6) is 0 Å². The molecular formula is C17H19ClN2OS. The van der Waals surface area contributed by atoms with E-state index in [2.05, 4.69) is 10.7 Å². The van der Waals surface area contributed by atoms with Gasteiger partial charge < -0.3 is 10.2 Å².